The van der Waals surface area contributed by atoms with E-state index in [0.717, 1.165) is 16.7 Å². The van der Waals surface area contributed by atoms with Crippen LogP contribution in [0, 0.1) is 25.7 Å². The van der Waals surface area contributed by atoms with Gasteiger partial charge >= 0.3 is 12.4 Å². The summed E-state index contributed by atoms with van der Waals surface area (Å²) in [4.78, 5) is 21.1. The van der Waals surface area contributed by atoms with Crippen molar-refractivity contribution in [2.24, 2.45) is 0 Å². The van der Waals surface area contributed by atoms with Crippen LogP contribution in [-0.4, -0.2) is 60.0 Å². The van der Waals surface area contributed by atoms with Crippen molar-refractivity contribution in [2.45, 2.75) is 38.7 Å². The van der Waals surface area contributed by atoms with Gasteiger partial charge in [-0.15, -0.1) is 24.8 Å². The number of ether oxygens (including phenoxy) is 1. The lowest BCUT2D eigenvalue weighted by Gasteiger charge is -2.41. The fraction of sp³-hybridized carbons (Fsp3) is 0.355. The zero-order valence-corrected chi connectivity index (χ0v) is 25.7. The molecule has 0 spiro atoms. The van der Waals surface area contributed by atoms with Gasteiger partial charge in [0.25, 0.3) is 5.91 Å². The first-order valence-electron chi connectivity index (χ1n) is 13.1. The molecule has 0 bridgehead atoms. The fourth-order valence-electron chi connectivity index (χ4n) is 4.78. The predicted molar refractivity (Wildman–Crippen MR) is 159 cm³/mol. The average Bonchev–Trinajstić information content (AvgIpc) is 2.94. The molecule has 1 aromatic heterocycles. The van der Waals surface area contributed by atoms with Gasteiger partial charge < -0.3 is 9.64 Å². The Hall–Kier alpha value is -3.46. The normalized spacial score (nSPS) is 15.4. The number of methoxy groups -OCH3 is 1. The number of carbonyl (C=O) groups excluding carboxylic acids is 1. The first-order chi connectivity index (χ1) is 19.7. The van der Waals surface area contributed by atoms with E-state index in [2.05, 4.69) is 16.8 Å². The van der Waals surface area contributed by atoms with Crippen molar-refractivity contribution < 1.29 is 35.9 Å². The Morgan fingerprint density at radius 3 is 2.14 bits per heavy atom. The number of amides is 1. The lowest BCUT2D eigenvalue weighted by molar-refractivity contribution is -0.143. The summed E-state index contributed by atoms with van der Waals surface area (Å²) >= 11 is 0. The highest BCUT2D eigenvalue weighted by Crippen LogP contribution is 2.37. The predicted octanol–water partition coefficient (Wildman–Crippen LogP) is 7.01. The largest absolute Gasteiger partial charge is 0.481 e. The van der Waals surface area contributed by atoms with Crippen LogP contribution in [0.4, 0.5) is 26.3 Å². The van der Waals surface area contributed by atoms with Crippen molar-refractivity contribution in [3.05, 3.63) is 93.7 Å². The topological polar surface area (TPSA) is 45.7 Å². The number of aromatic nitrogens is 1. The number of hydrogen-bond acceptors (Lipinski definition) is 4. The maximum atomic E-state index is 13.6. The van der Waals surface area contributed by atoms with Crippen molar-refractivity contribution in [3.63, 3.8) is 0 Å². The van der Waals surface area contributed by atoms with Crippen LogP contribution >= 0.6 is 24.8 Å². The molecule has 0 aliphatic carbocycles. The molecule has 3 aromatic rings. The molecule has 0 saturated carbocycles. The van der Waals surface area contributed by atoms with Crippen molar-refractivity contribution in [1.29, 1.82) is 0 Å². The third-order valence-electron chi connectivity index (χ3n) is 7.19. The number of alkyl halides is 6. The van der Waals surface area contributed by atoms with Gasteiger partial charge in [0.1, 0.15) is 0 Å². The molecule has 4 rings (SSSR count). The van der Waals surface area contributed by atoms with Gasteiger partial charge in [0.2, 0.25) is 5.88 Å². The zero-order chi connectivity index (χ0) is 30.7. The minimum Gasteiger partial charge on any atom is -0.481 e. The standard InChI is InChI=1S/C31H29F6N3O2.2ClH/c1-20-6-7-23(13-21(20)2)14-27-19-39(10-4-5-22-8-9-28(42-3)38-18-22)11-12-40(27)29(41)24-15-25(30(32,33)34)17-26(16-24)31(35,36)37;;/h6-9,13,15-18,27H,10-12,14,19H2,1-3H3;2*1H/t27-;;/m1../s1. The van der Waals surface area contributed by atoms with E-state index in [0.29, 0.717) is 49.6 Å². The maximum Gasteiger partial charge on any atom is 0.416 e. The Morgan fingerprint density at radius 1 is 0.932 bits per heavy atom. The smallest absolute Gasteiger partial charge is 0.416 e. The Morgan fingerprint density at radius 2 is 1.59 bits per heavy atom. The van der Waals surface area contributed by atoms with Gasteiger partial charge in [0, 0.05) is 49.1 Å². The number of piperazine rings is 1. The fourth-order valence-corrected chi connectivity index (χ4v) is 4.78. The van der Waals surface area contributed by atoms with Crippen molar-refractivity contribution >= 4 is 30.7 Å². The molecule has 13 heteroatoms. The Kier molecular flexibility index (Phi) is 12.5. The highest BCUT2D eigenvalue weighted by Gasteiger charge is 2.39. The molecule has 44 heavy (non-hydrogen) atoms. The van der Waals surface area contributed by atoms with E-state index >= 15 is 0 Å². The minimum atomic E-state index is -5.05. The van der Waals surface area contributed by atoms with E-state index in [1.54, 1.807) is 18.3 Å². The first kappa shape index (κ1) is 36.7. The summed E-state index contributed by atoms with van der Waals surface area (Å²) in [5.41, 5.74) is -0.00260. The summed E-state index contributed by atoms with van der Waals surface area (Å²) in [5.74, 6) is 5.67. The highest BCUT2D eigenvalue weighted by atomic mass is 35.5. The number of pyridine rings is 1. The van der Waals surface area contributed by atoms with E-state index in [-0.39, 0.29) is 37.4 Å². The van der Waals surface area contributed by atoms with Crippen LogP contribution in [0.2, 0.25) is 0 Å². The van der Waals surface area contributed by atoms with Crippen LogP contribution < -0.4 is 4.74 Å². The molecular formula is C31H31Cl2F6N3O2. The van der Waals surface area contributed by atoms with Gasteiger partial charge in [-0.3, -0.25) is 9.69 Å². The van der Waals surface area contributed by atoms with E-state index in [1.165, 1.54) is 12.0 Å². The van der Waals surface area contributed by atoms with Crippen molar-refractivity contribution in [3.8, 4) is 17.7 Å². The number of nitrogens with zero attached hydrogens (tertiary/aromatic N) is 3. The number of benzene rings is 2. The number of carbonyl (C=O) groups is 1. The molecule has 2 aromatic carbocycles. The molecule has 1 saturated heterocycles. The molecular weight excluding hydrogens is 631 g/mol. The highest BCUT2D eigenvalue weighted by molar-refractivity contribution is 5.95. The molecule has 2 heterocycles. The summed E-state index contributed by atoms with van der Waals surface area (Å²) in [5, 5.41) is 0. The van der Waals surface area contributed by atoms with Gasteiger partial charge in [-0.25, -0.2) is 4.98 Å². The second-order valence-electron chi connectivity index (χ2n) is 10.2. The van der Waals surface area contributed by atoms with Crippen LogP contribution in [0.1, 0.15) is 43.7 Å². The Bertz CT molecular complexity index is 1470. The first-order valence-corrected chi connectivity index (χ1v) is 13.1. The minimum absolute atomic E-state index is 0. The lowest BCUT2D eigenvalue weighted by atomic mass is 9.97. The molecule has 1 aliphatic heterocycles. The van der Waals surface area contributed by atoms with Crippen LogP contribution in [0.5, 0.6) is 5.88 Å². The zero-order valence-electron chi connectivity index (χ0n) is 24.1. The molecule has 0 N–H and O–H groups in total. The van der Waals surface area contributed by atoms with E-state index in [4.69, 9.17) is 4.74 Å². The van der Waals surface area contributed by atoms with E-state index in [9.17, 15) is 31.1 Å². The van der Waals surface area contributed by atoms with Crippen molar-refractivity contribution in [2.75, 3.05) is 33.3 Å². The molecule has 0 radical (unpaired) electrons. The van der Waals surface area contributed by atoms with Gasteiger partial charge in [0.05, 0.1) is 24.8 Å². The molecule has 1 fully saturated rings. The maximum absolute atomic E-state index is 13.6. The summed E-state index contributed by atoms with van der Waals surface area (Å²) in [6, 6.07) is 9.77. The quantitative estimate of drug-likeness (QED) is 0.218. The summed E-state index contributed by atoms with van der Waals surface area (Å²) in [7, 11) is 1.51. The number of rotatable bonds is 5. The summed E-state index contributed by atoms with van der Waals surface area (Å²) in [6.07, 6.45) is -8.16. The lowest BCUT2D eigenvalue weighted by Crippen LogP contribution is -2.56. The SMILES string of the molecule is COc1ccc(C#CCN2CCN(C(=O)c3cc(C(F)(F)F)cc(C(F)(F)F)c3)[C@H](Cc3ccc(C)c(C)c3)C2)cn1.Cl.Cl. The second kappa shape index (κ2) is 15.0. The van der Waals surface area contributed by atoms with Crippen LogP contribution in [-0.2, 0) is 18.8 Å². The van der Waals surface area contributed by atoms with Gasteiger partial charge in [-0.2, -0.15) is 26.3 Å². The molecule has 238 valence electrons. The van der Waals surface area contributed by atoms with Gasteiger partial charge in [0.15, 0.2) is 0 Å². The van der Waals surface area contributed by atoms with Gasteiger partial charge in [-0.05, 0) is 61.2 Å². The number of hydrogen-bond donors (Lipinski definition) is 0. The van der Waals surface area contributed by atoms with Gasteiger partial charge in [-0.1, -0.05) is 30.0 Å². The molecule has 1 atom stereocenters. The van der Waals surface area contributed by atoms with Crippen LogP contribution in [0.15, 0.2) is 54.7 Å². The Balaban J connectivity index is 0.00000337. The monoisotopic (exact) mass is 661 g/mol. The summed E-state index contributed by atoms with van der Waals surface area (Å²) < 4.78 is 85.9. The van der Waals surface area contributed by atoms with Crippen LogP contribution in [0.3, 0.4) is 0 Å². The number of aryl methyl sites for hydroxylation is 2. The molecule has 0 unspecified atom stereocenters. The molecule has 1 amide bonds. The number of halogens is 8. The summed E-state index contributed by atoms with van der Waals surface area (Å²) in [6.45, 7) is 5.03. The third-order valence-corrected chi connectivity index (χ3v) is 7.19. The second-order valence-corrected chi connectivity index (χ2v) is 10.2. The molecule has 5 nitrogen and oxygen atoms in total. The Labute approximate surface area is 264 Å². The van der Waals surface area contributed by atoms with Crippen molar-refractivity contribution in [1.82, 2.24) is 14.8 Å². The van der Waals surface area contributed by atoms with E-state index in [1.807, 2.05) is 36.9 Å². The molecule has 1 aliphatic rings. The van der Waals surface area contributed by atoms with Crippen LogP contribution in [0.25, 0.3) is 0 Å². The van der Waals surface area contributed by atoms with E-state index < -0.39 is 41.0 Å². The average molecular weight is 663 g/mol. The third kappa shape index (κ3) is 9.27.